The zero-order chi connectivity index (χ0) is 25.3. The van der Waals surface area contributed by atoms with Gasteiger partial charge in [0.2, 0.25) is 5.95 Å². The number of halogens is 1. The zero-order valence-corrected chi connectivity index (χ0v) is 21.9. The number of nitrogens with zero attached hydrogens (tertiary/aromatic N) is 5. The molecule has 192 valence electrons. The van der Waals surface area contributed by atoms with Crippen LogP contribution in [0.4, 0.5) is 10.7 Å². The third-order valence-electron chi connectivity index (χ3n) is 6.84. The summed E-state index contributed by atoms with van der Waals surface area (Å²) in [5.74, 6) is 1.18. The third-order valence-corrected chi connectivity index (χ3v) is 7.12. The largest absolute Gasteiger partial charge is 0.444 e. The topological polar surface area (TPSA) is 99.3 Å². The van der Waals surface area contributed by atoms with Crippen molar-refractivity contribution in [2.24, 2.45) is 5.92 Å². The first-order chi connectivity index (χ1) is 17.2. The van der Waals surface area contributed by atoms with Crippen molar-refractivity contribution in [2.75, 3.05) is 38.0 Å². The minimum Gasteiger partial charge on any atom is -0.444 e. The van der Waals surface area contributed by atoms with E-state index in [1.807, 2.05) is 44.0 Å². The smallest absolute Gasteiger partial charge is 0.410 e. The molecule has 5 heterocycles. The molecule has 3 aromatic heterocycles. The van der Waals surface area contributed by atoms with E-state index in [1.165, 1.54) is 0 Å². The molecular weight excluding hydrogens is 478 g/mol. The van der Waals surface area contributed by atoms with Gasteiger partial charge in [0.1, 0.15) is 11.2 Å². The Hall–Kier alpha value is -2.91. The first-order valence-electron chi connectivity index (χ1n) is 12.7. The number of amides is 1. The lowest BCUT2D eigenvalue weighted by Gasteiger charge is -2.34. The molecule has 0 radical (unpaired) electrons. The lowest BCUT2D eigenvalue weighted by molar-refractivity contribution is 0.0172. The van der Waals surface area contributed by atoms with Gasteiger partial charge in [0, 0.05) is 62.1 Å². The third kappa shape index (κ3) is 5.73. The summed E-state index contributed by atoms with van der Waals surface area (Å²) in [4.78, 5) is 33.4. The highest BCUT2D eigenvalue weighted by Gasteiger charge is 2.30. The Kier molecular flexibility index (Phi) is 7.03. The van der Waals surface area contributed by atoms with Crippen LogP contribution in [0.25, 0.3) is 22.3 Å². The van der Waals surface area contributed by atoms with Crippen molar-refractivity contribution >= 4 is 34.7 Å². The van der Waals surface area contributed by atoms with Crippen LogP contribution in [0.3, 0.4) is 0 Å². The van der Waals surface area contributed by atoms with Crippen LogP contribution >= 0.6 is 11.6 Å². The predicted molar refractivity (Wildman–Crippen MR) is 141 cm³/mol. The van der Waals surface area contributed by atoms with Crippen molar-refractivity contribution in [2.45, 2.75) is 51.7 Å². The number of piperidine rings is 1. The van der Waals surface area contributed by atoms with Crippen LogP contribution in [-0.4, -0.2) is 80.2 Å². The minimum absolute atomic E-state index is 0.197. The second-order valence-electron chi connectivity index (χ2n) is 10.8. The molecule has 1 amide bonds. The number of H-pyrrole nitrogens is 1. The lowest BCUT2D eigenvalue weighted by Crippen LogP contribution is -2.43. The van der Waals surface area contributed by atoms with Gasteiger partial charge in [0.05, 0.1) is 16.9 Å². The molecule has 0 saturated carbocycles. The molecule has 0 aliphatic carbocycles. The summed E-state index contributed by atoms with van der Waals surface area (Å²) < 4.78 is 5.52. The number of aromatic amines is 1. The van der Waals surface area contributed by atoms with Crippen LogP contribution in [0.1, 0.15) is 40.0 Å². The normalized spacial score (nSPS) is 19.7. The number of carbonyl (C=O) groups is 1. The number of carbonyl (C=O) groups excluding carboxylic acids is 1. The van der Waals surface area contributed by atoms with Gasteiger partial charge in [-0.1, -0.05) is 11.6 Å². The van der Waals surface area contributed by atoms with Crippen LogP contribution in [0.5, 0.6) is 0 Å². The van der Waals surface area contributed by atoms with Gasteiger partial charge < -0.3 is 24.8 Å². The molecule has 0 bridgehead atoms. The first-order valence-corrected chi connectivity index (χ1v) is 13.0. The number of fused-ring (bicyclic) bond motifs is 1. The second-order valence-corrected chi connectivity index (χ2v) is 11.2. The molecule has 1 atom stereocenters. The van der Waals surface area contributed by atoms with Crippen molar-refractivity contribution in [1.29, 1.82) is 0 Å². The van der Waals surface area contributed by atoms with Crippen LogP contribution in [0.2, 0.25) is 5.02 Å². The first kappa shape index (κ1) is 24.8. The number of hydrogen-bond acceptors (Lipinski definition) is 7. The van der Waals surface area contributed by atoms with Crippen molar-refractivity contribution in [1.82, 2.24) is 29.7 Å². The molecule has 2 saturated heterocycles. The molecule has 9 nitrogen and oxygen atoms in total. The van der Waals surface area contributed by atoms with Crippen LogP contribution < -0.4 is 5.32 Å². The number of nitrogens with one attached hydrogen (secondary N) is 2. The Bertz CT molecular complexity index is 1220. The summed E-state index contributed by atoms with van der Waals surface area (Å²) in [7, 11) is 0. The predicted octanol–water partition coefficient (Wildman–Crippen LogP) is 4.81. The molecular formula is C26H34ClN7O2. The van der Waals surface area contributed by atoms with Gasteiger partial charge in [-0.05, 0) is 58.1 Å². The average molecular weight is 512 g/mol. The summed E-state index contributed by atoms with van der Waals surface area (Å²) in [6.45, 7) is 10.3. The molecule has 2 aliphatic rings. The minimum atomic E-state index is -0.452. The van der Waals surface area contributed by atoms with Gasteiger partial charge in [-0.2, -0.15) is 0 Å². The molecule has 0 unspecified atom stereocenters. The highest BCUT2D eigenvalue weighted by Crippen LogP contribution is 2.32. The molecule has 3 aromatic rings. The standard InChI is InChI=1S/C26H34ClN7O2/c1-26(2,3)36-25(35)34-11-6-17(7-12-34)15-33-10-8-18(16-33)31-24-30-14-21(27)22(32-24)20-13-29-23-19(20)5-4-9-28-23/h4-5,9,13-14,17-18H,6-8,10-12,15-16H2,1-3H3,(H,28,29)(H,30,31,32)/t18-/m1/s1. The lowest BCUT2D eigenvalue weighted by atomic mass is 9.96. The quantitative estimate of drug-likeness (QED) is 0.507. The Morgan fingerprint density at radius 3 is 2.81 bits per heavy atom. The molecule has 2 fully saturated rings. The highest BCUT2D eigenvalue weighted by molar-refractivity contribution is 6.33. The van der Waals surface area contributed by atoms with E-state index in [0.717, 1.165) is 68.6 Å². The number of ether oxygens (including phenoxy) is 1. The van der Waals surface area contributed by atoms with E-state index in [1.54, 1.807) is 12.4 Å². The monoisotopic (exact) mass is 511 g/mol. The second kappa shape index (κ2) is 10.2. The maximum Gasteiger partial charge on any atom is 0.410 e. The number of aromatic nitrogens is 4. The summed E-state index contributed by atoms with van der Waals surface area (Å²) >= 11 is 6.47. The summed E-state index contributed by atoms with van der Waals surface area (Å²) in [6.07, 6.45) is 8.17. The number of likely N-dealkylation sites (tertiary alicyclic amines) is 2. The summed E-state index contributed by atoms with van der Waals surface area (Å²) in [6, 6.07) is 4.19. The van der Waals surface area contributed by atoms with Gasteiger partial charge in [0.25, 0.3) is 0 Å². The van der Waals surface area contributed by atoms with Gasteiger partial charge >= 0.3 is 6.09 Å². The van der Waals surface area contributed by atoms with Crippen LogP contribution in [-0.2, 0) is 4.74 Å². The van der Waals surface area contributed by atoms with Gasteiger partial charge in [0.15, 0.2) is 0 Å². The maximum absolute atomic E-state index is 12.3. The SMILES string of the molecule is CC(C)(C)OC(=O)N1CCC(CN2CC[C@@H](Nc3ncc(Cl)c(-c4c[nH]c5ncccc45)n3)C2)CC1. The van der Waals surface area contributed by atoms with E-state index in [0.29, 0.717) is 22.6 Å². The van der Waals surface area contributed by atoms with Crippen molar-refractivity contribution in [3.05, 3.63) is 35.7 Å². The summed E-state index contributed by atoms with van der Waals surface area (Å²) in [5, 5.41) is 5.00. The molecule has 0 aromatic carbocycles. The van der Waals surface area contributed by atoms with Crippen LogP contribution in [0.15, 0.2) is 30.7 Å². The molecule has 2 aliphatic heterocycles. The van der Waals surface area contributed by atoms with Gasteiger partial charge in [-0.3, -0.25) is 0 Å². The van der Waals surface area contributed by atoms with E-state index in [9.17, 15) is 4.79 Å². The Balaban J connectivity index is 1.14. The fraction of sp³-hybridized carbons (Fsp3) is 0.538. The Morgan fingerprint density at radius 2 is 2.03 bits per heavy atom. The number of pyridine rings is 1. The number of rotatable bonds is 5. The number of hydrogen-bond donors (Lipinski definition) is 2. The van der Waals surface area contributed by atoms with E-state index >= 15 is 0 Å². The Morgan fingerprint density at radius 1 is 1.22 bits per heavy atom. The molecule has 36 heavy (non-hydrogen) atoms. The molecule has 10 heteroatoms. The highest BCUT2D eigenvalue weighted by atomic mass is 35.5. The van der Waals surface area contributed by atoms with E-state index in [2.05, 4.69) is 25.2 Å². The molecule has 5 rings (SSSR count). The van der Waals surface area contributed by atoms with E-state index < -0.39 is 5.60 Å². The van der Waals surface area contributed by atoms with Crippen molar-refractivity contribution < 1.29 is 9.53 Å². The van der Waals surface area contributed by atoms with Crippen LogP contribution in [0, 0.1) is 5.92 Å². The average Bonchev–Trinajstić information content (AvgIpc) is 3.46. The van der Waals surface area contributed by atoms with Gasteiger partial charge in [-0.15, -0.1) is 0 Å². The Labute approximate surface area is 216 Å². The maximum atomic E-state index is 12.3. The van der Waals surface area contributed by atoms with E-state index in [4.69, 9.17) is 21.3 Å². The molecule has 0 spiro atoms. The summed E-state index contributed by atoms with van der Waals surface area (Å²) in [5.41, 5.74) is 1.96. The van der Waals surface area contributed by atoms with Crippen molar-refractivity contribution in [3.63, 3.8) is 0 Å². The van der Waals surface area contributed by atoms with Crippen molar-refractivity contribution in [3.8, 4) is 11.3 Å². The molecule has 2 N–H and O–H groups in total. The fourth-order valence-electron chi connectivity index (χ4n) is 5.07. The zero-order valence-electron chi connectivity index (χ0n) is 21.1. The van der Waals surface area contributed by atoms with E-state index in [-0.39, 0.29) is 12.1 Å². The van der Waals surface area contributed by atoms with Gasteiger partial charge in [-0.25, -0.2) is 19.7 Å². The fourth-order valence-corrected chi connectivity index (χ4v) is 5.26. The number of anilines is 1.